The van der Waals surface area contributed by atoms with Crippen LogP contribution in [0.15, 0.2) is 60.9 Å². The number of carbonyl (C=O) groups is 1. The van der Waals surface area contributed by atoms with Crippen LogP contribution in [0.3, 0.4) is 0 Å². The molecule has 0 radical (unpaired) electrons. The Morgan fingerprint density at radius 1 is 1.12 bits per heavy atom. The van der Waals surface area contributed by atoms with Crippen molar-refractivity contribution >= 4 is 5.78 Å². The average Bonchev–Trinajstić information content (AvgIpc) is 3.32. The van der Waals surface area contributed by atoms with E-state index < -0.39 is 0 Å². The summed E-state index contributed by atoms with van der Waals surface area (Å²) in [6.07, 6.45) is 3.30. The zero-order chi connectivity index (χ0) is 17.9. The number of ketones is 1. The van der Waals surface area contributed by atoms with Crippen molar-refractivity contribution in [2.24, 2.45) is 0 Å². The molecule has 0 atom stereocenters. The van der Waals surface area contributed by atoms with Gasteiger partial charge in [0.25, 0.3) is 0 Å². The molecule has 1 N–H and O–H groups in total. The minimum absolute atomic E-state index is 0.0278. The van der Waals surface area contributed by atoms with Crippen molar-refractivity contribution in [3.63, 3.8) is 0 Å². The van der Waals surface area contributed by atoms with Gasteiger partial charge in [0.05, 0.1) is 12.1 Å². The van der Waals surface area contributed by atoms with Gasteiger partial charge in [-0.15, -0.1) is 10.2 Å². The van der Waals surface area contributed by atoms with Gasteiger partial charge in [-0.1, -0.05) is 12.1 Å². The van der Waals surface area contributed by atoms with Crippen molar-refractivity contribution in [2.45, 2.75) is 6.42 Å². The fourth-order valence-corrected chi connectivity index (χ4v) is 2.47. The monoisotopic (exact) mass is 348 g/mol. The van der Waals surface area contributed by atoms with E-state index in [0.717, 1.165) is 0 Å². The third-order valence-corrected chi connectivity index (χ3v) is 3.72. The smallest absolute Gasteiger partial charge is 0.190 e. The molecule has 0 aliphatic rings. The second kappa shape index (κ2) is 6.67. The van der Waals surface area contributed by atoms with E-state index in [0.29, 0.717) is 23.0 Å². The SMILES string of the molecule is O=C(Cc1nnc(-c2ccccn2)[nH]1)c1ccn(-c2cccc(F)c2)n1. The number of rotatable bonds is 5. The van der Waals surface area contributed by atoms with E-state index in [2.05, 4.69) is 25.3 Å². The lowest BCUT2D eigenvalue weighted by Crippen LogP contribution is -2.07. The Morgan fingerprint density at radius 3 is 2.85 bits per heavy atom. The highest BCUT2D eigenvalue weighted by atomic mass is 19.1. The normalized spacial score (nSPS) is 10.8. The number of pyridine rings is 1. The fourth-order valence-electron chi connectivity index (χ4n) is 2.47. The van der Waals surface area contributed by atoms with E-state index in [-0.39, 0.29) is 23.7 Å². The van der Waals surface area contributed by atoms with Gasteiger partial charge in [-0.3, -0.25) is 9.78 Å². The molecule has 0 unspecified atom stereocenters. The number of Topliss-reactive ketones (excluding diaryl/α,β-unsaturated/α-hetero) is 1. The Morgan fingerprint density at radius 2 is 2.04 bits per heavy atom. The maximum Gasteiger partial charge on any atom is 0.190 e. The topological polar surface area (TPSA) is 89.4 Å². The first-order valence-electron chi connectivity index (χ1n) is 7.87. The van der Waals surface area contributed by atoms with Crippen molar-refractivity contribution in [1.29, 1.82) is 0 Å². The number of aromatic nitrogens is 6. The van der Waals surface area contributed by atoms with Crippen LogP contribution in [-0.2, 0) is 6.42 Å². The second-order valence-electron chi connectivity index (χ2n) is 5.56. The molecule has 128 valence electrons. The second-order valence-corrected chi connectivity index (χ2v) is 5.56. The molecule has 0 aliphatic heterocycles. The zero-order valence-electron chi connectivity index (χ0n) is 13.5. The Bertz CT molecular complexity index is 1060. The maximum absolute atomic E-state index is 13.3. The van der Waals surface area contributed by atoms with Gasteiger partial charge in [0.1, 0.15) is 23.0 Å². The van der Waals surface area contributed by atoms with Crippen LogP contribution in [0, 0.1) is 5.82 Å². The maximum atomic E-state index is 13.3. The largest absolute Gasteiger partial charge is 0.323 e. The van der Waals surface area contributed by atoms with Crippen LogP contribution in [-0.4, -0.2) is 35.7 Å². The first kappa shape index (κ1) is 15.8. The predicted octanol–water partition coefficient (Wildman–Crippen LogP) is 2.62. The number of hydrogen-bond donors (Lipinski definition) is 1. The summed E-state index contributed by atoms with van der Waals surface area (Å²) >= 11 is 0. The highest BCUT2D eigenvalue weighted by Crippen LogP contribution is 2.13. The average molecular weight is 348 g/mol. The van der Waals surface area contributed by atoms with Crippen LogP contribution in [0.2, 0.25) is 0 Å². The minimum atomic E-state index is -0.366. The molecule has 0 saturated heterocycles. The lowest BCUT2D eigenvalue weighted by Gasteiger charge is -2.00. The molecule has 0 aliphatic carbocycles. The third kappa shape index (κ3) is 3.25. The summed E-state index contributed by atoms with van der Waals surface area (Å²) in [6, 6.07) is 13.0. The van der Waals surface area contributed by atoms with Crippen LogP contribution in [0.5, 0.6) is 0 Å². The number of nitrogens with zero attached hydrogens (tertiary/aromatic N) is 5. The van der Waals surface area contributed by atoms with Gasteiger partial charge < -0.3 is 4.98 Å². The van der Waals surface area contributed by atoms with Crippen molar-refractivity contribution in [1.82, 2.24) is 29.9 Å². The lowest BCUT2D eigenvalue weighted by molar-refractivity contribution is 0.0985. The van der Waals surface area contributed by atoms with Gasteiger partial charge in [0.2, 0.25) is 0 Å². The first-order chi connectivity index (χ1) is 12.7. The summed E-state index contributed by atoms with van der Waals surface area (Å²) < 4.78 is 14.8. The van der Waals surface area contributed by atoms with Crippen molar-refractivity contribution < 1.29 is 9.18 Å². The summed E-state index contributed by atoms with van der Waals surface area (Å²) in [6.45, 7) is 0. The van der Waals surface area contributed by atoms with Crippen LogP contribution in [0.25, 0.3) is 17.2 Å². The minimum Gasteiger partial charge on any atom is -0.323 e. The van der Waals surface area contributed by atoms with Crippen LogP contribution < -0.4 is 0 Å². The molecule has 4 aromatic rings. The van der Waals surface area contributed by atoms with Gasteiger partial charge in [0, 0.05) is 12.4 Å². The molecule has 3 heterocycles. The zero-order valence-corrected chi connectivity index (χ0v) is 13.5. The van der Waals surface area contributed by atoms with Crippen molar-refractivity contribution in [2.75, 3.05) is 0 Å². The van der Waals surface area contributed by atoms with E-state index >= 15 is 0 Å². The summed E-state index contributed by atoms with van der Waals surface area (Å²) in [7, 11) is 0. The Labute approximate surface area is 147 Å². The van der Waals surface area contributed by atoms with Gasteiger partial charge >= 0.3 is 0 Å². The van der Waals surface area contributed by atoms with Crippen molar-refractivity contribution in [3.05, 3.63) is 78.3 Å². The van der Waals surface area contributed by atoms with E-state index in [4.69, 9.17) is 0 Å². The molecule has 0 spiro atoms. The van der Waals surface area contributed by atoms with E-state index in [1.165, 1.54) is 16.8 Å². The summed E-state index contributed by atoms with van der Waals surface area (Å²) in [5.41, 5.74) is 1.46. The predicted molar refractivity (Wildman–Crippen MR) is 91.2 cm³/mol. The molecule has 1 aromatic carbocycles. The van der Waals surface area contributed by atoms with Gasteiger partial charge in [0.15, 0.2) is 11.6 Å². The first-order valence-corrected chi connectivity index (χ1v) is 7.87. The number of benzene rings is 1. The molecule has 3 aromatic heterocycles. The molecular formula is C18H13FN6O. The summed E-state index contributed by atoms with van der Waals surface area (Å²) in [5.74, 6) is 0.341. The number of hydrogen-bond acceptors (Lipinski definition) is 5. The highest BCUT2D eigenvalue weighted by molar-refractivity contribution is 5.95. The number of aromatic amines is 1. The standard InChI is InChI=1S/C18H13FN6O/c19-12-4-3-5-13(10-12)25-9-7-14(24-25)16(26)11-17-21-18(23-22-17)15-6-1-2-8-20-15/h1-10H,11H2,(H,21,22,23). The van der Waals surface area contributed by atoms with E-state index in [1.807, 2.05) is 6.07 Å². The molecule has 7 nitrogen and oxygen atoms in total. The summed E-state index contributed by atoms with van der Waals surface area (Å²) in [4.78, 5) is 19.6. The van der Waals surface area contributed by atoms with Crippen LogP contribution in [0.1, 0.15) is 16.3 Å². The molecule has 0 fully saturated rings. The molecular weight excluding hydrogens is 335 g/mol. The Balaban J connectivity index is 1.50. The number of H-pyrrole nitrogens is 1. The Kier molecular flexibility index (Phi) is 4.06. The quantitative estimate of drug-likeness (QED) is 0.560. The van der Waals surface area contributed by atoms with Crippen LogP contribution in [0.4, 0.5) is 4.39 Å². The molecule has 0 bridgehead atoms. The molecule has 0 amide bonds. The molecule has 4 rings (SSSR count). The number of nitrogens with one attached hydrogen (secondary N) is 1. The van der Waals surface area contributed by atoms with Crippen LogP contribution >= 0.6 is 0 Å². The Hall–Kier alpha value is -3.68. The third-order valence-electron chi connectivity index (χ3n) is 3.72. The van der Waals surface area contributed by atoms with Gasteiger partial charge in [-0.05, 0) is 36.4 Å². The molecule has 0 saturated carbocycles. The number of carbonyl (C=O) groups excluding carboxylic acids is 1. The highest BCUT2D eigenvalue weighted by Gasteiger charge is 2.15. The van der Waals surface area contributed by atoms with Gasteiger partial charge in [-0.25, -0.2) is 9.07 Å². The van der Waals surface area contributed by atoms with Crippen molar-refractivity contribution in [3.8, 4) is 17.2 Å². The molecule has 8 heteroatoms. The summed E-state index contributed by atoms with van der Waals surface area (Å²) in [5, 5.41) is 12.2. The fraction of sp³-hybridized carbons (Fsp3) is 0.0556. The number of halogens is 1. The molecule has 26 heavy (non-hydrogen) atoms. The lowest BCUT2D eigenvalue weighted by atomic mass is 10.2. The van der Waals surface area contributed by atoms with Gasteiger partial charge in [-0.2, -0.15) is 5.10 Å². The van der Waals surface area contributed by atoms with E-state index in [9.17, 15) is 9.18 Å². The van der Waals surface area contributed by atoms with E-state index in [1.54, 1.807) is 42.7 Å².